The Kier molecular flexibility index (Phi) is 4.00. The van der Waals surface area contributed by atoms with Gasteiger partial charge in [0.1, 0.15) is 17.3 Å². The minimum absolute atomic E-state index is 0.0125. The molecule has 124 valence electrons. The highest BCUT2D eigenvalue weighted by Crippen LogP contribution is 2.47. The lowest BCUT2D eigenvalue weighted by Crippen LogP contribution is -2.44. The number of amides is 1. The van der Waals surface area contributed by atoms with Crippen LogP contribution in [-0.2, 0) is 16.1 Å². The number of Topliss-reactive ketones (excluding diaryl/α,β-unsaturated/α-hetero) is 1. The Labute approximate surface area is 140 Å². The predicted molar refractivity (Wildman–Crippen MR) is 89.1 cm³/mol. The molecule has 0 spiro atoms. The Bertz CT molecular complexity index is 610. The minimum Gasteiger partial charge on any atom is -0.464 e. The van der Waals surface area contributed by atoms with Gasteiger partial charge in [-0.2, -0.15) is 11.8 Å². The fourth-order valence-electron chi connectivity index (χ4n) is 3.94. The highest BCUT2D eigenvalue weighted by atomic mass is 32.2. The smallest absolute Gasteiger partial charge is 0.223 e. The first-order chi connectivity index (χ1) is 11.1. The van der Waals surface area contributed by atoms with Crippen LogP contribution >= 0.6 is 11.8 Å². The van der Waals surface area contributed by atoms with Gasteiger partial charge in [-0.25, -0.2) is 0 Å². The van der Waals surface area contributed by atoms with Gasteiger partial charge in [-0.3, -0.25) is 9.59 Å². The molecule has 23 heavy (non-hydrogen) atoms. The fourth-order valence-corrected chi connectivity index (χ4v) is 5.25. The number of furan rings is 1. The van der Waals surface area contributed by atoms with E-state index in [0.29, 0.717) is 18.2 Å². The van der Waals surface area contributed by atoms with Crippen LogP contribution < -0.4 is 5.32 Å². The van der Waals surface area contributed by atoms with Gasteiger partial charge in [0.25, 0.3) is 0 Å². The summed E-state index contributed by atoms with van der Waals surface area (Å²) in [5.41, 5.74) is 0. The van der Waals surface area contributed by atoms with Gasteiger partial charge in [-0.1, -0.05) is 6.92 Å². The monoisotopic (exact) mass is 333 g/mol. The molecule has 4 rings (SSSR count). The van der Waals surface area contributed by atoms with Crippen molar-refractivity contribution in [1.82, 2.24) is 5.32 Å². The summed E-state index contributed by atoms with van der Waals surface area (Å²) in [5, 5.41) is 3.01. The van der Waals surface area contributed by atoms with Crippen LogP contribution in [0.15, 0.2) is 16.5 Å². The van der Waals surface area contributed by atoms with Crippen LogP contribution in [0.5, 0.6) is 0 Å². The van der Waals surface area contributed by atoms with Crippen molar-refractivity contribution >= 4 is 23.5 Å². The molecule has 2 bridgehead atoms. The van der Waals surface area contributed by atoms with Crippen LogP contribution in [0.2, 0.25) is 0 Å². The number of carbonyl (C=O) groups excluding carboxylic acids is 2. The van der Waals surface area contributed by atoms with Gasteiger partial charge in [0.05, 0.1) is 6.54 Å². The van der Waals surface area contributed by atoms with Crippen molar-refractivity contribution in [3.05, 3.63) is 23.7 Å². The number of rotatable bonds is 4. The third kappa shape index (κ3) is 3.08. The lowest BCUT2D eigenvalue weighted by Gasteiger charge is -2.36. The van der Waals surface area contributed by atoms with E-state index in [-0.39, 0.29) is 23.7 Å². The summed E-state index contributed by atoms with van der Waals surface area (Å²) in [4.78, 5) is 24.5. The molecule has 1 aromatic rings. The van der Waals surface area contributed by atoms with Gasteiger partial charge in [-0.05, 0) is 37.3 Å². The molecule has 4 unspecified atom stereocenters. The van der Waals surface area contributed by atoms with Gasteiger partial charge in [-0.15, -0.1) is 0 Å². The standard InChI is InChI=1S/C18H23NO3S/c1-10-4-15(10)16-3-2-14(22-16)7-19-18(21)11-5-12-8-23-9-13(6-11)17(12)20/h2-3,10-13,15H,4-9H2,1H3,(H,19,21). The number of carbonyl (C=O) groups is 2. The number of hydrogen-bond acceptors (Lipinski definition) is 4. The first-order valence-corrected chi connectivity index (χ1v) is 9.75. The summed E-state index contributed by atoms with van der Waals surface area (Å²) in [6, 6.07) is 4.01. The van der Waals surface area contributed by atoms with Gasteiger partial charge in [0, 0.05) is 35.2 Å². The number of fused-ring (bicyclic) bond motifs is 2. The summed E-state index contributed by atoms with van der Waals surface area (Å²) in [5.74, 6) is 5.60. The molecule has 2 heterocycles. The van der Waals surface area contributed by atoms with Crippen LogP contribution in [0.3, 0.4) is 0 Å². The molecule has 1 amide bonds. The van der Waals surface area contributed by atoms with E-state index in [4.69, 9.17) is 4.42 Å². The molecule has 2 aliphatic carbocycles. The second-order valence-corrected chi connectivity index (χ2v) is 8.42. The second-order valence-electron chi connectivity index (χ2n) is 7.34. The Morgan fingerprint density at radius 1 is 1.26 bits per heavy atom. The van der Waals surface area contributed by atoms with Crippen LogP contribution in [-0.4, -0.2) is 23.2 Å². The average molecular weight is 333 g/mol. The normalized spacial score (nSPS) is 35.9. The maximum atomic E-state index is 12.4. The molecule has 5 heteroatoms. The average Bonchev–Trinajstić information content (AvgIpc) is 3.07. The maximum absolute atomic E-state index is 12.4. The van der Waals surface area contributed by atoms with E-state index in [1.54, 1.807) is 0 Å². The molecule has 1 saturated heterocycles. The van der Waals surface area contributed by atoms with Gasteiger partial charge >= 0.3 is 0 Å². The molecule has 1 aliphatic heterocycles. The van der Waals surface area contributed by atoms with E-state index in [0.717, 1.165) is 41.8 Å². The molecular weight excluding hydrogens is 310 g/mol. The van der Waals surface area contributed by atoms with E-state index >= 15 is 0 Å². The maximum Gasteiger partial charge on any atom is 0.223 e. The van der Waals surface area contributed by atoms with E-state index < -0.39 is 0 Å². The Morgan fingerprint density at radius 2 is 1.96 bits per heavy atom. The zero-order valence-corrected chi connectivity index (χ0v) is 14.2. The molecule has 1 N–H and O–H groups in total. The van der Waals surface area contributed by atoms with Crippen LogP contribution in [0.4, 0.5) is 0 Å². The van der Waals surface area contributed by atoms with E-state index in [9.17, 15) is 9.59 Å². The molecule has 1 aromatic heterocycles. The molecule has 3 aliphatic rings. The van der Waals surface area contributed by atoms with Gasteiger partial charge in [0.2, 0.25) is 5.91 Å². The van der Waals surface area contributed by atoms with Crippen molar-refractivity contribution in [2.75, 3.05) is 11.5 Å². The minimum atomic E-state index is -0.0125. The largest absolute Gasteiger partial charge is 0.464 e. The zero-order chi connectivity index (χ0) is 16.0. The predicted octanol–water partition coefficient (Wildman–Crippen LogP) is 2.98. The van der Waals surface area contributed by atoms with Crippen molar-refractivity contribution in [3.8, 4) is 0 Å². The second kappa shape index (κ2) is 6.00. The van der Waals surface area contributed by atoms with E-state index in [1.165, 1.54) is 6.42 Å². The Morgan fingerprint density at radius 3 is 2.61 bits per heavy atom. The Hall–Kier alpha value is -1.23. The quantitative estimate of drug-likeness (QED) is 0.920. The van der Waals surface area contributed by atoms with Gasteiger partial charge < -0.3 is 9.73 Å². The Balaban J connectivity index is 1.31. The first kappa shape index (κ1) is 15.3. The summed E-state index contributed by atoms with van der Waals surface area (Å²) >= 11 is 1.86. The fraction of sp³-hybridized carbons (Fsp3) is 0.667. The third-order valence-corrected chi connectivity index (χ3v) is 6.82. The summed E-state index contributed by atoms with van der Waals surface area (Å²) in [6.07, 6.45) is 2.64. The van der Waals surface area contributed by atoms with Crippen molar-refractivity contribution in [2.24, 2.45) is 23.7 Å². The van der Waals surface area contributed by atoms with Crippen LogP contribution in [0, 0.1) is 23.7 Å². The lowest BCUT2D eigenvalue weighted by atomic mass is 9.75. The van der Waals surface area contributed by atoms with Crippen molar-refractivity contribution in [2.45, 2.75) is 38.6 Å². The number of nitrogens with one attached hydrogen (secondary N) is 1. The van der Waals surface area contributed by atoms with Gasteiger partial charge in [0.15, 0.2) is 0 Å². The highest BCUT2D eigenvalue weighted by Gasteiger charge is 2.41. The van der Waals surface area contributed by atoms with E-state index in [2.05, 4.69) is 12.2 Å². The molecule has 2 saturated carbocycles. The van der Waals surface area contributed by atoms with Crippen molar-refractivity contribution in [3.63, 3.8) is 0 Å². The molecule has 4 atom stereocenters. The topological polar surface area (TPSA) is 59.3 Å². The SMILES string of the molecule is CC1CC1c1ccc(CNC(=O)C2CC3CSCC(C2)C3=O)o1. The molecule has 3 fully saturated rings. The number of ketones is 1. The molecule has 0 radical (unpaired) electrons. The molecule has 0 aromatic carbocycles. The van der Waals surface area contributed by atoms with Crippen LogP contribution in [0.1, 0.15) is 43.6 Å². The first-order valence-electron chi connectivity index (χ1n) is 8.59. The third-order valence-electron chi connectivity index (χ3n) is 5.55. The van der Waals surface area contributed by atoms with E-state index in [1.807, 2.05) is 23.9 Å². The van der Waals surface area contributed by atoms with Crippen molar-refractivity contribution < 1.29 is 14.0 Å². The number of thioether (sulfide) groups is 1. The molecular formula is C18H23NO3S. The van der Waals surface area contributed by atoms with Crippen molar-refractivity contribution in [1.29, 1.82) is 0 Å². The summed E-state index contributed by atoms with van der Waals surface area (Å²) < 4.78 is 5.84. The number of hydrogen-bond donors (Lipinski definition) is 1. The van der Waals surface area contributed by atoms with Crippen LogP contribution in [0.25, 0.3) is 0 Å². The zero-order valence-electron chi connectivity index (χ0n) is 13.4. The lowest BCUT2D eigenvalue weighted by molar-refractivity contribution is -0.134. The summed E-state index contributed by atoms with van der Waals surface area (Å²) in [6.45, 7) is 2.68. The highest BCUT2D eigenvalue weighted by molar-refractivity contribution is 7.99. The summed E-state index contributed by atoms with van der Waals surface area (Å²) in [7, 11) is 0. The molecule has 4 nitrogen and oxygen atoms in total.